The SMILES string of the molecule is O=C1N[C@@H]2CCN(CC(=O)N3CCCC3)C[C@@H]2CC=CCC2(CCOCC2)C(=O)N[C@@H]1Cc1ccccc1. The van der Waals surface area contributed by atoms with Crippen molar-refractivity contribution in [3.8, 4) is 0 Å². The minimum Gasteiger partial charge on any atom is -0.381 e. The number of benzene rings is 1. The van der Waals surface area contributed by atoms with Gasteiger partial charge in [-0.05, 0) is 56.4 Å². The number of nitrogens with zero attached hydrogens (tertiary/aromatic N) is 2. The van der Waals surface area contributed by atoms with E-state index < -0.39 is 11.5 Å². The second-order valence-electron chi connectivity index (χ2n) is 11.5. The van der Waals surface area contributed by atoms with Gasteiger partial charge in [0, 0.05) is 51.9 Å². The van der Waals surface area contributed by atoms with Gasteiger partial charge in [0.05, 0.1) is 12.0 Å². The molecule has 1 aromatic rings. The first-order chi connectivity index (χ1) is 18.5. The molecule has 3 atom stereocenters. The van der Waals surface area contributed by atoms with Crippen molar-refractivity contribution in [3.63, 3.8) is 0 Å². The molecule has 0 unspecified atom stereocenters. The molecule has 38 heavy (non-hydrogen) atoms. The molecular formula is C30H42N4O4. The summed E-state index contributed by atoms with van der Waals surface area (Å²) in [5, 5.41) is 6.47. The highest BCUT2D eigenvalue weighted by molar-refractivity contribution is 5.90. The Balaban J connectivity index is 1.34. The topological polar surface area (TPSA) is 91.0 Å². The van der Waals surface area contributed by atoms with Crippen molar-refractivity contribution in [1.29, 1.82) is 0 Å². The number of nitrogens with one attached hydrogen (secondary N) is 2. The number of likely N-dealkylation sites (tertiary alicyclic amines) is 2. The summed E-state index contributed by atoms with van der Waals surface area (Å²) < 4.78 is 5.59. The molecule has 1 aromatic carbocycles. The number of fused-ring (bicyclic) bond motifs is 1. The Hall–Kier alpha value is -2.71. The summed E-state index contributed by atoms with van der Waals surface area (Å²) in [5.74, 6) is 0.272. The molecule has 4 aliphatic rings. The molecule has 0 aliphatic carbocycles. The second-order valence-corrected chi connectivity index (χ2v) is 11.5. The first-order valence-corrected chi connectivity index (χ1v) is 14.4. The van der Waals surface area contributed by atoms with Crippen molar-refractivity contribution in [2.24, 2.45) is 11.3 Å². The normalized spacial score (nSPS) is 28.6. The van der Waals surface area contributed by atoms with E-state index in [9.17, 15) is 14.4 Å². The van der Waals surface area contributed by atoms with Crippen LogP contribution in [0.4, 0.5) is 0 Å². The van der Waals surface area contributed by atoms with Gasteiger partial charge in [-0.2, -0.15) is 0 Å². The molecule has 5 rings (SSSR count). The van der Waals surface area contributed by atoms with Crippen molar-refractivity contribution in [2.45, 2.75) is 63.5 Å². The van der Waals surface area contributed by atoms with E-state index in [0.717, 1.165) is 57.4 Å². The van der Waals surface area contributed by atoms with Crippen LogP contribution in [0.5, 0.6) is 0 Å². The highest BCUT2D eigenvalue weighted by atomic mass is 16.5. The first kappa shape index (κ1) is 26.9. The smallest absolute Gasteiger partial charge is 0.243 e. The van der Waals surface area contributed by atoms with Gasteiger partial charge < -0.3 is 20.3 Å². The summed E-state index contributed by atoms with van der Waals surface area (Å²) in [5.41, 5.74) is 0.469. The first-order valence-electron chi connectivity index (χ1n) is 14.4. The Kier molecular flexibility index (Phi) is 8.79. The molecule has 1 spiro atoms. The summed E-state index contributed by atoms with van der Waals surface area (Å²) >= 11 is 0. The van der Waals surface area contributed by atoms with Crippen molar-refractivity contribution in [2.75, 3.05) is 45.9 Å². The Morgan fingerprint density at radius 1 is 1.00 bits per heavy atom. The Morgan fingerprint density at radius 3 is 2.53 bits per heavy atom. The summed E-state index contributed by atoms with van der Waals surface area (Å²) in [7, 11) is 0. The van der Waals surface area contributed by atoms with Crippen LogP contribution in [0.3, 0.4) is 0 Å². The fourth-order valence-electron chi connectivity index (χ4n) is 6.46. The lowest BCUT2D eigenvalue weighted by molar-refractivity contribution is -0.140. The van der Waals surface area contributed by atoms with Gasteiger partial charge in [0.15, 0.2) is 0 Å². The van der Waals surface area contributed by atoms with E-state index in [2.05, 4.69) is 27.7 Å². The zero-order chi connectivity index (χ0) is 26.4. The molecule has 0 aromatic heterocycles. The highest BCUT2D eigenvalue weighted by Gasteiger charge is 2.41. The standard InChI is InChI=1S/C30H42N4O4/c35-27(34-15-6-7-16-34)22-33-17-11-25-24(21-33)10-4-5-12-30(13-18-38-19-14-30)29(37)32-26(28(36)31-25)20-23-8-2-1-3-9-23/h1-5,8-9,24-26H,6-7,10-22H2,(H,31,36)(H,32,37)/t24-,25+,26+/m0/s1. The van der Waals surface area contributed by atoms with Gasteiger partial charge in [-0.3, -0.25) is 19.3 Å². The fraction of sp³-hybridized carbons (Fsp3) is 0.633. The second kappa shape index (κ2) is 12.4. The molecule has 3 amide bonds. The van der Waals surface area contributed by atoms with Gasteiger partial charge in [-0.15, -0.1) is 0 Å². The monoisotopic (exact) mass is 522 g/mol. The van der Waals surface area contributed by atoms with Crippen LogP contribution in [0.1, 0.15) is 50.5 Å². The number of ether oxygens (including phenoxy) is 1. The van der Waals surface area contributed by atoms with E-state index >= 15 is 0 Å². The van der Waals surface area contributed by atoms with E-state index in [1.54, 1.807) is 0 Å². The number of rotatable bonds is 4. The third-order valence-corrected chi connectivity index (χ3v) is 8.91. The maximum absolute atomic E-state index is 13.7. The molecule has 4 heterocycles. The van der Waals surface area contributed by atoms with E-state index in [-0.39, 0.29) is 29.7 Å². The van der Waals surface area contributed by atoms with Gasteiger partial charge in [-0.1, -0.05) is 42.5 Å². The summed E-state index contributed by atoms with van der Waals surface area (Å²) in [6.07, 6.45) is 10.6. The number of carbonyl (C=O) groups is 3. The van der Waals surface area contributed by atoms with Crippen molar-refractivity contribution in [1.82, 2.24) is 20.4 Å². The van der Waals surface area contributed by atoms with Gasteiger partial charge in [0.2, 0.25) is 17.7 Å². The molecule has 0 bridgehead atoms. The zero-order valence-electron chi connectivity index (χ0n) is 22.4. The van der Waals surface area contributed by atoms with Crippen LogP contribution in [-0.4, -0.2) is 85.5 Å². The van der Waals surface area contributed by atoms with Gasteiger partial charge in [0.25, 0.3) is 0 Å². The predicted octanol–water partition coefficient (Wildman–Crippen LogP) is 2.29. The predicted molar refractivity (Wildman–Crippen MR) is 145 cm³/mol. The third-order valence-electron chi connectivity index (χ3n) is 8.91. The summed E-state index contributed by atoms with van der Waals surface area (Å²) in [6.45, 7) is 4.88. The summed E-state index contributed by atoms with van der Waals surface area (Å²) in [4.78, 5) is 44.4. The number of allylic oxidation sites excluding steroid dienone is 2. The Morgan fingerprint density at radius 2 is 1.76 bits per heavy atom. The van der Waals surface area contributed by atoms with Crippen LogP contribution in [-0.2, 0) is 25.5 Å². The molecule has 4 aliphatic heterocycles. The van der Waals surface area contributed by atoms with Gasteiger partial charge in [0.1, 0.15) is 6.04 Å². The van der Waals surface area contributed by atoms with Crippen LogP contribution in [0, 0.1) is 11.3 Å². The minimum absolute atomic E-state index is 0.0110. The average Bonchev–Trinajstić information content (AvgIpc) is 3.48. The molecule has 3 fully saturated rings. The van der Waals surface area contributed by atoms with Gasteiger partial charge in [-0.25, -0.2) is 0 Å². The molecule has 8 nitrogen and oxygen atoms in total. The molecule has 8 heteroatoms. The van der Waals surface area contributed by atoms with Crippen molar-refractivity contribution < 1.29 is 19.1 Å². The van der Waals surface area contributed by atoms with Crippen LogP contribution in [0.15, 0.2) is 42.5 Å². The zero-order valence-corrected chi connectivity index (χ0v) is 22.4. The fourth-order valence-corrected chi connectivity index (χ4v) is 6.46. The molecule has 206 valence electrons. The number of hydrogen-bond donors (Lipinski definition) is 2. The van der Waals surface area contributed by atoms with E-state index in [1.807, 2.05) is 35.2 Å². The third kappa shape index (κ3) is 6.46. The van der Waals surface area contributed by atoms with Crippen LogP contribution >= 0.6 is 0 Å². The number of amides is 3. The Labute approximate surface area is 226 Å². The van der Waals surface area contributed by atoms with Gasteiger partial charge >= 0.3 is 0 Å². The summed E-state index contributed by atoms with van der Waals surface area (Å²) in [6, 6.07) is 9.26. The number of piperidine rings is 1. The number of carbonyl (C=O) groups excluding carboxylic acids is 3. The van der Waals surface area contributed by atoms with Crippen molar-refractivity contribution >= 4 is 17.7 Å². The molecule has 0 saturated carbocycles. The lowest BCUT2D eigenvalue weighted by Gasteiger charge is -2.40. The maximum atomic E-state index is 13.7. The molecular weight excluding hydrogens is 480 g/mol. The minimum atomic E-state index is -0.636. The lowest BCUT2D eigenvalue weighted by atomic mass is 9.75. The van der Waals surface area contributed by atoms with Crippen LogP contribution in [0.2, 0.25) is 0 Å². The van der Waals surface area contributed by atoms with Crippen LogP contribution in [0.25, 0.3) is 0 Å². The largest absolute Gasteiger partial charge is 0.381 e. The molecule has 3 saturated heterocycles. The number of hydrogen-bond acceptors (Lipinski definition) is 5. The quantitative estimate of drug-likeness (QED) is 0.593. The van der Waals surface area contributed by atoms with Crippen LogP contribution < -0.4 is 10.6 Å². The highest BCUT2D eigenvalue weighted by Crippen LogP contribution is 2.36. The van der Waals surface area contributed by atoms with Crippen molar-refractivity contribution in [3.05, 3.63) is 48.0 Å². The van der Waals surface area contributed by atoms with E-state index in [4.69, 9.17) is 4.74 Å². The maximum Gasteiger partial charge on any atom is 0.243 e. The van der Waals surface area contributed by atoms with E-state index in [1.165, 1.54) is 0 Å². The Bertz CT molecular complexity index is 1000. The lowest BCUT2D eigenvalue weighted by Crippen LogP contribution is -2.58. The molecule has 0 radical (unpaired) electrons. The van der Waals surface area contributed by atoms with E-state index in [0.29, 0.717) is 45.4 Å². The average molecular weight is 523 g/mol. The molecule has 2 N–H and O–H groups in total.